The molecule has 3 amide bonds. The van der Waals surface area contributed by atoms with Gasteiger partial charge in [-0.2, -0.15) is 18.2 Å². The number of anilines is 6. The standard InChI is InChI=1S/C30H28F3N7O2/c1-18-11-12-23(35-27(41)19-7-5-8-21(13-19)30(31,32)33)15-25(18)40-17-20-16-34-28(37-26(20)39(4)29(40)42)36-22-9-6-10-24(14-22)38(2)3/h5-16H,17H2,1-4H3,(H,35,41)(H,34,36,37). The first-order valence-electron chi connectivity index (χ1n) is 13.0. The van der Waals surface area contributed by atoms with Crippen LogP contribution in [0.5, 0.6) is 0 Å². The molecule has 12 heteroatoms. The summed E-state index contributed by atoms with van der Waals surface area (Å²) in [5, 5.41) is 5.82. The Balaban J connectivity index is 1.37. The van der Waals surface area contributed by atoms with E-state index in [1.165, 1.54) is 21.9 Å². The molecule has 2 heterocycles. The normalized spacial score (nSPS) is 13.1. The van der Waals surface area contributed by atoms with Crippen LogP contribution in [0.2, 0.25) is 0 Å². The maximum atomic E-state index is 13.5. The van der Waals surface area contributed by atoms with Gasteiger partial charge in [0.15, 0.2) is 0 Å². The molecule has 0 spiro atoms. The van der Waals surface area contributed by atoms with Crippen LogP contribution in [0, 0.1) is 6.92 Å². The van der Waals surface area contributed by atoms with Crippen molar-refractivity contribution in [2.75, 3.05) is 46.5 Å². The zero-order valence-electron chi connectivity index (χ0n) is 23.3. The number of benzene rings is 3. The highest BCUT2D eigenvalue weighted by atomic mass is 19.4. The number of halogens is 3. The highest BCUT2D eigenvalue weighted by Gasteiger charge is 2.32. The fraction of sp³-hybridized carbons (Fsp3) is 0.200. The summed E-state index contributed by atoms with van der Waals surface area (Å²) >= 11 is 0. The van der Waals surface area contributed by atoms with Gasteiger partial charge in [-0.05, 0) is 61.0 Å². The van der Waals surface area contributed by atoms with Gasteiger partial charge in [-0.1, -0.05) is 18.2 Å². The quantitative estimate of drug-likeness (QED) is 0.275. The Morgan fingerprint density at radius 3 is 2.50 bits per heavy atom. The molecule has 0 radical (unpaired) electrons. The average Bonchev–Trinajstić information content (AvgIpc) is 2.96. The number of urea groups is 1. The highest BCUT2D eigenvalue weighted by molar-refractivity contribution is 6.07. The zero-order chi connectivity index (χ0) is 30.2. The molecule has 9 nitrogen and oxygen atoms in total. The van der Waals surface area contributed by atoms with Crippen LogP contribution in [-0.2, 0) is 12.7 Å². The number of carbonyl (C=O) groups is 2. The summed E-state index contributed by atoms with van der Waals surface area (Å²) in [6.07, 6.45) is -2.91. The summed E-state index contributed by atoms with van der Waals surface area (Å²) in [7, 11) is 5.51. The van der Waals surface area contributed by atoms with Gasteiger partial charge in [0.2, 0.25) is 5.95 Å². The molecule has 42 heavy (non-hydrogen) atoms. The van der Waals surface area contributed by atoms with Crippen LogP contribution in [0.3, 0.4) is 0 Å². The van der Waals surface area contributed by atoms with Crippen molar-refractivity contribution >= 4 is 46.5 Å². The molecule has 3 aromatic carbocycles. The average molecular weight is 576 g/mol. The van der Waals surface area contributed by atoms with Gasteiger partial charge in [-0.3, -0.25) is 14.6 Å². The van der Waals surface area contributed by atoms with Crippen LogP contribution in [0.15, 0.2) is 72.9 Å². The van der Waals surface area contributed by atoms with Crippen LogP contribution >= 0.6 is 0 Å². The number of nitrogens with one attached hydrogen (secondary N) is 2. The summed E-state index contributed by atoms with van der Waals surface area (Å²) in [6, 6.07) is 16.6. The molecule has 0 aliphatic carbocycles. The molecule has 1 aromatic heterocycles. The fourth-order valence-electron chi connectivity index (χ4n) is 4.57. The number of aryl methyl sites for hydroxylation is 1. The van der Waals surface area contributed by atoms with Crippen molar-refractivity contribution in [2.24, 2.45) is 0 Å². The van der Waals surface area contributed by atoms with Crippen LogP contribution in [0.4, 0.5) is 52.5 Å². The second-order valence-electron chi connectivity index (χ2n) is 10.1. The monoisotopic (exact) mass is 575 g/mol. The van der Waals surface area contributed by atoms with Crippen molar-refractivity contribution in [2.45, 2.75) is 19.6 Å². The Labute approximate surface area is 240 Å². The number of hydrogen-bond donors (Lipinski definition) is 2. The van der Waals surface area contributed by atoms with E-state index in [0.717, 1.165) is 29.1 Å². The number of nitrogens with zero attached hydrogens (tertiary/aromatic N) is 5. The summed E-state index contributed by atoms with van der Waals surface area (Å²) in [4.78, 5) is 40.2. The third-order valence-corrected chi connectivity index (χ3v) is 6.83. The Morgan fingerprint density at radius 2 is 1.76 bits per heavy atom. The van der Waals surface area contributed by atoms with E-state index in [9.17, 15) is 22.8 Å². The smallest absolute Gasteiger partial charge is 0.378 e. The molecular formula is C30H28F3N7O2. The lowest BCUT2D eigenvalue weighted by atomic mass is 10.1. The van der Waals surface area contributed by atoms with E-state index >= 15 is 0 Å². The van der Waals surface area contributed by atoms with Crippen LogP contribution < -0.4 is 25.3 Å². The van der Waals surface area contributed by atoms with Gasteiger partial charge in [0.1, 0.15) is 5.82 Å². The van der Waals surface area contributed by atoms with Crippen molar-refractivity contribution < 1.29 is 22.8 Å². The van der Waals surface area contributed by atoms with Gasteiger partial charge in [0.05, 0.1) is 17.8 Å². The molecule has 2 N–H and O–H groups in total. The number of amides is 3. The molecule has 5 rings (SSSR count). The topological polar surface area (TPSA) is 93.7 Å². The van der Waals surface area contributed by atoms with Crippen molar-refractivity contribution in [3.8, 4) is 0 Å². The largest absolute Gasteiger partial charge is 0.416 e. The first kappa shape index (κ1) is 28.4. The summed E-state index contributed by atoms with van der Waals surface area (Å²) < 4.78 is 39.3. The number of fused-ring (bicyclic) bond motifs is 1. The van der Waals surface area contributed by atoms with E-state index in [-0.39, 0.29) is 18.1 Å². The van der Waals surface area contributed by atoms with Gasteiger partial charge in [0, 0.05) is 55.5 Å². The third-order valence-electron chi connectivity index (χ3n) is 6.83. The van der Waals surface area contributed by atoms with Gasteiger partial charge >= 0.3 is 12.2 Å². The lowest BCUT2D eigenvalue weighted by molar-refractivity contribution is -0.137. The lowest BCUT2D eigenvalue weighted by Gasteiger charge is -2.35. The number of alkyl halides is 3. The Hall–Kier alpha value is -5.13. The van der Waals surface area contributed by atoms with Crippen molar-refractivity contribution in [3.05, 3.63) is 95.2 Å². The predicted octanol–water partition coefficient (Wildman–Crippen LogP) is 6.44. The Kier molecular flexibility index (Phi) is 7.46. The van der Waals surface area contributed by atoms with Gasteiger partial charge in [0.25, 0.3) is 5.91 Å². The van der Waals surface area contributed by atoms with Crippen molar-refractivity contribution in [3.63, 3.8) is 0 Å². The summed E-state index contributed by atoms with van der Waals surface area (Å²) in [5.74, 6) is 0.102. The molecular weight excluding hydrogens is 547 g/mol. The van der Waals surface area contributed by atoms with Crippen LogP contribution in [0.1, 0.15) is 27.0 Å². The molecule has 1 aliphatic heterocycles. The molecule has 0 saturated heterocycles. The Bertz CT molecular complexity index is 1670. The maximum absolute atomic E-state index is 13.5. The van der Waals surface area contributed by atoms with E-state index in [0.29, 0.717) is 28.7 Å². The van der Waals surface area contributed by atoms with Crippen molar-refractivity contribution in [1.82, 2.24) is 9.97 Å². The molecule has 4 aromatic rings. The summed E-state index contributed by atoms with van der Waals surface area (Å²) in [5.41, 5.74) is 3.08. The SMILES string of the molecule is Cc1ccc(NC(=O)c2cccc(C(F)(F)F)c2)cc1N1Cc2cnc(Nc3cccc(N(C)C)c3)nc2N(C)C1=O. The van der Waals surface area contributed by atoms with Gasteiger partial charge in [-0.15, -0.1) is 0 Å². The zero-order valence-corrected chi connectivity index (χ0v) is 23.3. The molecule has 0 fully saturated rings. The molecule has 0 unspecified atom stereocenters. The lowest BCUT2D eigenvalue weighted by Crippen LogP contribution is -2.46. The molecule has 216 valence electrons. The van der Waals surface area contributed by atoms with Crippen LogP contribution in [0.25, 0.3) is 0 Å². The minimum atomic E-state index is -4.57. The van der Waals surface area contributed by atoms with Crippen LogP contribution in [-0.4, -0.2) is 43.0 Å². The third kappa shape index (κ3) is 5.82. The number of carbonyl (C=O) groups excluding carboxylic acids is 2. The van der Waals surface area contributed by atoms with E-state index in [1.807, 2.05) is 50.2 Å². The minimum Gasteiger partial charge on any atom is -0.378 e. The van der Waals surface area contributed by atoms with E-state index < -0.39 is 17.6 Å². The van der Waals surface area contributed by atoms with Gasteiger partial charge < -0.3 is 15.5 Å². The molecule has 1 aliphatic rings. The van der Waals surface area contributed by atoms with E-state index in [1.54, 1.807) is 31.4 Å². The maximum Gasteiger partial charge on any atom is 0.416 e. The molecule has 0 saturated carbocycles. The summed E-state index contributed by atoms with van der Waals surface area (Å²) in [6.45, 7) is 2.00. The van der Waals surface area contributed by atoms with Crippen molar-refractivity contribution in [1.29, 1.82) is 0 Å². The predicted molar refractivity (Wildman–Crippen MR) is 157 cm³/mol. The molecule has 0 atom stereocenters. The second kappa shape index (κ2) is 11.0. The first-order chi connectivity index (χ1) is 19.9. The minimum absolute atomic E-state index is 0.135. The molecule has 0 bridgehead atoms. The number of hydrogen-bond acceptors (Lipinski definition) is 6. The van der Waals surface area contributed by atoms with Gasteiger partial charge in [-0.25, -0.2) is 9.78 Å². The van der Waals surface area contributed by atoms with E-state index in [2.05, 4.69) is 20.6 Å². The Morgan fingerprint density at radius 1 is 1.00 bits per heavy atom. The van der Waals surface area contributed by atoms with E-state index in [4.69, 9.17) is 0 Å². The fourth-order valence-corrected chi connectivity index (χ4v) is 4.57. The number of aromatic nitrogens is 2. The highest BCUT2D eigenvalue weighted by Crippen LogP contribution is 2.34. The second-order valence-corrected chi connectivity index (χ2v) is 10.1. The first-order valence-corrected chi connectivity index (χ1v) is 13.0. The number of rotatable bonds is 6.